The summed E-state index contributed by atoms with van der Waals surface area (Å²) < 4.78 is 2.68. The average molecular weight is 412 g/mol. The Balaban J connectivity index is 0.000000132. The maximum absolute atomic E-state index is 10.5. The maximum Gasteiger partial charge on any atom is 0.335 e. The first-order valence-electron chi connectivity index (χ1n) is 6.98. The number of aromatic carboxylic acids is 1. The van der Waals surface area contributed by atoms with Gasteiger partial charge in [0.2, 0.25) is 0 Å². The van der Waals surface area contributed by atoms with E-state index >= 15 is 0 Å². The van der Waals surface area contributed by atoms with Crippen LogP contribution in [0.5, 0.6) is 0 Å². The van der Waals surface area contributed by atoms with Crippen LogP contribution in [0.1, 0.15) is 15.9 Å². The molecule has 0 radical (unpaired) electrons. The van der Waals surface area contributed by atoms with Crippen LogP contribution in [0, 0.1) is 9.85 Å². The predicted octanol–water partition coefficient (Wildman–Crippen LogP) is 1.11. The Morgan fingerprint density at radius 3 is 1.91 bits per heavy atom. The largest absolute Gasteiger partial charge is 0.478 e. The summed E-state index contributed by atoms with van der Waals surface area (Å²) in [6.45, 7) is 7.12. The number of carboxylic acid groups (broad SMARTS) is 1. The number of benzene rings is 1. The topological polar surface area (TPSA) is 50.3 Å². The molecule has 0 saturated carbocycles. The van der Waals surface area contributed by atoms with E-state index in [0.717, 1.165) is 5.56 Å². The Kier molecular flexibility index (Phi) is 4.95. The lowest BCUT2D eigenvalue weighted by Gasteiger charge is -2.56. The molecule has 4 fully saturated rings. The van der Waals surface area contributed by atoms with E-state index in [2.05, 4.69) is 29.4 Å². The molecular weight excluding hydrogens is 395 g/mol. The minimum Gasteiger partial charge on any atom is -0.478 e. The number of carbonyl (C=O) groups is 1. The van der Waals surface area contributed by atoms with Crippen molar-refractivity contribution < 1.29 is 9.90 Å². The fraction of sp³-hybridized carbons (Fsp3) is 0.400. The molecule has 1 aromatic carbocycles. The molecule has 0 amide bonds. The fourth-order valence-corrected chi connectivity index (χ4v) is 3.33. The van der Waals surface area contributed by atoms with Gasteiger partial charge >= 0.3 is 5.97 Å². The third-order valence-electron chi connectivity index (χ3n) is 3.70. The standard InChI is InChI=1S/C9H5IO2.C6H12N4/c10-5-4-7-2-1-3-8(6-7)9(11)12;1-7-2-9-4-8(1)5-10(3-7)6-9/h1-3,6H,(H,11,12);1-6H2. The van der Waals surface area contributed by atoms with Crippen molar-refractivity contribution in [2.45, 2.75) is 0 Å². The van der Waals surface area contributed by atoms with Gasteiger partial charge in [0, 0.05) is 28.2 Å². The lowest BCUT2D eigenvalue weighted by Crippen LogP contribution is -2.71. The van der Waals surface area contributed by atoms with E-state index in [1.807, 2.05) is 22.6 Å². The molecule has 0 spiro atoms. The van der Waals surface area contributed by atoms with Crippen LogP contribution in [0.4, 0.5) is 0 Å². The highest BCUT2D eigenvalue weighted by Gasteiger charge is 2.36. The van der Waals surface area contributed by atoms with Gasteiger partial charge in [-0.15, -0.1) is 0 Å². The first kappa shape index (κ1) is 15.7. The van der Waals surface area contributed by atoms with Crippen molar-refractivity contribution in [2.75, 3.05) is 40.0 Å². The highest BCUT2D eigenvalue weighted by molar-refractivity contribution is 14.1. The van der Waals surface area contributed by atoms with Crippen LogP contribution < -0.4 is 0 Å². The Labute approximate surface area is 143 Å². The summed E-state index contributed by atoms with van der Waals surface area (Å²) in [6, 6.07) is 6.55. The Hall–Kier alpha value is -1.18. The number of nitrogens with zero attached hydrogens (tertiary/aromatic N) is 4. The van der Waals surface area contributed by atoms with E-state index in [1.54, 1.807) is 24.3 Å². The quantitative estimate of drug-likeness (QED) is 0.551. The smallest absolute Gasteiger partial charge is 0.335 e. The number of halogens is 1. The summed E-state index contributed by atoms with van der Waals surface area (Å²) >= 11 is 1.91. The van der Waals surface area contributed by atoms with Gasteiger partial charge in [0.1, 0.15) is 0 Å². The monoisotopic (exact) mass is 412 g/mol. The molecule has 4 bridgehead atoms. The third-order valence-corrected chi connectivity index (χ3v) is 3.97. The van der Waals surface area contributed by atoms with Crippen molar-refractivity contribution in [3.63, 3.8) is 0 Å². The van der Waals surface area contributed by atoms with Gasteiger partial charge in [-0.25, -0.2) is 4.79 Å². The van der Waals surface area contributed by atoms with Crippen LogP contribution in [-0.2, 0) is 0 Å². The van der Waals surface area contributed by atoms with E-state index in [-0.39, 0.29) is 5.56 Å². The number of carboxylic acids is 1. The minimum atomic E-state index is -0.924. The van der Waals surface area contributed by atoms with Crippen molar-refractivity contribution in [3.8, 4) is 9.85 Å². The molecule has 1 N–H and O–H groups in total. The zero-order valence-electron chi connectivity index (χ0n) is 12.1. The predicted molar refractivity (Wildman–Crippen MR) is 90.9 cm³/mol. The molecule has 0 atom stereocenters. The van der Waals surface area contributed by atoms with Crippen LogP contribution >= 0.6 is 22.6 Å². The zero-order valence-corrected chi connectivity index (χ0v) is 14.2. The van der Waals surface area contributed by atoms with Crippen LogP contribution in [0.3, 0.4) is 0 Å². The summed E-state index contributed by atoms with van der Waals surface area (Å²) in [5.74, 6) is 1.85. The number of hydrogen-bond donors (Lipinski definition) is 1. The van der Waals surface area contributed by atoms with Crippen molar-refractivity contribution in [3.05, 3.63) is 35.4 Å². The van der Waals surface area contributed by atoms with E-state index in [0.29, 0.717) is 0 Å². The molecule has 4 aliphatic rings. The second kappa shape index (κ2) is 6.93. The minimum absolute atomic E-state index is 0.270. The normalized spacial score (nSPS) is 30.8. The van der Waals surface area contributed by atoms with Crippen LogP contribution in [0.2, 0.25) is 0 Å². The molecule has 7 heteroatoms. The summed E-state index contributed by atoms with van der Waals surface area (Å²) in [7, 11) is 0. The van der Waals surface area contributed by atoms with Gasteiger partial charge < -0.3 is 5.11 Å². The van der Waals surface area contributed by atoms with Gasteiger partial charge in [0.25, 0.3) is 0 Å². The number of rotatable bonds is 1. The molecular formula is C15H17IN4O2. The van der Waals surface area contributed by atoms with E-state index in [9.17, 15) is 4.79 Å². The lowest BCUT2D eigenvalue weighted by molar-refractivity contribution is -0.194. The second-order valence-electron chi connectivity index (χ2n) is 5.64. The van der Waals surface area contributed by atoms with Gasteiger partial charge in [-0.05, 0) is 22.1 Å². The van der Waals surface area contributed by atoms with Crippen molar-refractivity contribution in [1.29, 1.82) is 0 Å². The Morgan fingerprint density at radius 1 is 1.00 bits per heavy atom. The molecule has 4 saturated heterocycles. The first-order chi connectivity index (χ1) is 10.6. The summed E-state index contributed by atoms with van der Waals surface area (Å²) in [6.07, 6.45) is 0. The van der Waals surface area contributed by atoms with Crippen molar-refractivity contribution >= 4 is 28.6 Å². The molecule has 6 nitrogen and oxygen atoms in total. The van der Waals surface area contributed by atoms with Gasteiger partial charge in [-0.2, -0.15) is 0 Å². The van der Waals surface area contributed by atoms with Crippen LogP contribution in [-0.4, -0.2) is 70.7 Å². The second-order valence-corrected chi connectivity index (χ2v) is 6.18. The molecule has 4 aliphatic heterocycles. The molecule has 0 unspecified atom stereocenters. The average Bonchev–Trinajstić information content (AvgIpc) is 2.47. The molecule has 0 aliphatic carbocycles. The molecule has 22 heavy (non-hydrogen) atoms. The van der Waals surface area contributed by atoms with Gasteiger partial charge in [-0.1, -0.05) is 12.0 Å². The van der Waals surface area contributed by atoms with E-state index in [1.165, 1.54) is 40.0 Å². The fourth-order valence-electron chi connectivity index (χ4n) is 3.02. The van der Waals surface area contributed by atoms with Gasteiger partial charge in [0.15, 0.2) is 0 Å². The first-order valence-corrected chi connectivity index (χ1v) is 8.06. The lowest BCUT2D eigenvalue weighted by atomic mass is 10.1. The molecule has 1 aromatic rings. The summed E-state index contributed by atoms with van der Waals surface area (Å²) in [5.41, 5.74) is 0.996. The van der Waals surface area contributed by atoms with Gasteiger partial charge in [-0.3, -0.25) is 19.6 Å². The van der Waals surface area contributed by atoms with E-state index < -0.39 is 5.97 Å². The highest BCUT2D eigenvalue weighted by Crippen LogP contribution is 2.20. The molecule has 0 aromatic heterocycles. The van der Waals surface area contributed by atoms with Crippen LogP contribution in [0.25, 0.3) is 0 Å². The molecule has 4 heterocycles. The molecule has 5 rings (SSSR count). The SMILES string of the molecule is C1N2CN3CN1CN(C2)C3.O=C(O)c1cccc(C#CI)c1. The maximum atomic E-state index is 10.5. The van der Waals surface area contributed by atoms with Gasteiger partial charge in [0.05, 0.1) is 45.6 Å². The molecule has 116 valence electrons. The summed E-state index contributed by atoms with van der Waals surface area (Å²) in [5, 5.41) is 8.63. The number of hydrogen-bond acceptors (Lipinski definition) is 5. The van der Waals surface area contributed by atoms with Crippen LogP contribution in [0.15, 0.2) is 24.3 Å². The Bertz CT molecular complexity index is 569. The summed E-state index contributed by atoms with van der Waals surface area (Å²) in [4.78, 5) is 20.4. The third kappa shape index (κ3) is 3.77. The zero-order chi connectivity index (χ0) is 15.5. The van der Waals surface area contributed by atoms with Crippen molar-refractivity contribution in [1.82, 2.24) is 19.6 Å². The highest BCUT2D eigenvalue weighted by atomic mass is 127. The van der Waals surface area contributed by atoms with E-state index in [4.69, 9.17) is 5.11 Å². The Morgan fingerprint density at radius 2 is 1.50 bits per heavy atom. The van der Waals surface area contributed by atoms with Crippen molar-refractivity contribution in [2.24, 2.45) is 0 Å².